The first-order valence-corrected chi connectivity index (χ1v) is 10.9. The van der Waals surface area contributed by atoms with Gasteiger partial charge in [-0.05, 0) is 30.5 Å². The Morgan fingerprint density at radius 3 is 2.53 bits per heavy atom. The normalized spacial score (nSPS) is 17.9. The molecule has 0 aromatic heterocycles. The van der Waals surface area contributed by atoms with E-state index in [9.17, 15) is 9.59 Å². The van der Waals surface area contributed by atoms with Gasteiger partial charge in [-0.15, -0.1) is 0 Å². The maximum atomic E-state index is 12.8. The fraction of sp³-hybridized carbons (Fsp3) is 0.636. The van der Waals surface area contributed by atoms with Crippen molar-refractivity contribution >= 4 is 12.0 Å². The van der Waals surface area contributed by atoms with Gasteiger partial charge >= 0.3 is 6.09 Å². The van der Waals surface area contributed by atoms with Crippen molar-refractivity contribution in [3.8, 4) is 11.5 Å². The van der Waals surface area contributed by atoms with E-state index < -0.39 is 0 Å². The van der Waals surface area contributed by atoms with Gasteiger partial charge in [-0.25, -0.2) is 4.79 Å². The molecule has 0 saturated carbocycles. The van der Waals surface area contributed by atoms with E-state index in [4.69, 9.17) is 14.2 Å². The SMILES string of the molecule is CCOC(=O)N1CC[NH+](CC(=O)N[C@@H](c2ccc3c(c2)OCCCO3)C(C)C)CC1. The fourth-order valence-corrected chi connectivity index (χ4v) is 3.86. The quantitative estimate of drug-likeness (QED) is 0.718. The Labute approximate surface area is 178 Å². The number of carbonyl (C=O) groups is 2. The summed E-state index contributed by atoms with van der Waals surface area (Å²) in [7, 11) is 0. The summed E-state index contributed by atoms with van der Waals surface area (Å²) in [4.78, 5) is 27.5. The summed E-state index contributed by atoms with van der Waals surface area (Å²) in [6.07, 6.45) is 0.593. The van der Waals surface area contributed by atoms with Crippen molar-refractivity contribution in [3.05, 3.63) is 23.8 Å². The summed E-state index contributed by atoms with van der Waals surface area (Å²) in [6, 6.07) is 5.81. The first-order chi connectivity index (χ1) is 14.5. The number of hydrogen-bond donors (Lipinski definition) is 2. The monoisotopic (exact) mass is 420 g/mol. The van der Waals surface area contributed by atoms with Gasteiger partial charge < -0.3 is 24.4 Å². The van der Waals surface area contributed by atoms with Crippen molar-refractivity contribution in [3.63, 3.8) is 0 Å². The second-order valence-corrected chi connectivity index (χ2v) is 8.16. The van der Waals surface area contributed by atoms with Crippen LogP contribution in [0.4, 0.5) is 4.79 Å². The minimum absolute atomic E-state index is 0.0143. The molecule has 8 heteroatoms. The zero-order valence-electron chi connectivity index (χ0n) is 18.2. The average Bonchev–Trinajstić information content (AvgIpc) is 2.97. The highest BCUT2D eigenvalue weighted by Crippen LogP contribution is 2.34. The van der Waals surface area contributed by atoms with Crippen molar-refractivity contribution in [2.45, 2.75) is 33.2 Å². The number of benzene rings is 1. The van der Waals surface area contributed by atoms with Crippen molar-refractivity contribution in [1.29, 1.82) is 0 Å². The lowest BCUT2D eigenvalue weighted by Crippen LogP contribution is -3.15. The minimum atomic E-state index is -0.268. The Bertz CT molecular complexity index is 731. The van der Waals surface area contributed by atoms with Crippen LogP contribution >= 0.6 is 0 Å². The largest absolute Gasteiger partial charge is 0.490 e. The van der Waals surface area contributed by atoms with Gasteiger partial charge in [0, 0.05) is 6.42 Å². The lowest BCUT2D eigenvalue weighted by molar-refractivity contribution is -0.896. The predicted octanol–water partition coefficient (Wildman–Crippen LogP) is 1.02. The minimum Gasteiger partial charge on any atom is -0.490 e. The molecule has 1 saturated heterocycles. The molecule has 2 N–H and O–H groups in total. The summed E-state index contributed by atoms with van der Waals surface area (Å²) in [5, 5.41) is 3.20. The Morgan fingerprint density at radius 2 is 1.87 bits per heavy atom. The van der Waals surface area contributed by atoms with Crippen LogP contribution in [0.3, 0.4) is 0 Å². The Morgan fingerprint density at radius 1 is 1.17 bits per heavy atom. The molecule has 166 valence electrons. The van der Waals surface area contributed by atoms with Crippen LogP contribution in [0.25, 0.3) is 0 Å². The maximum absolute atomic E-state index is 12.8. The van der Waals surface area contributed by atoms with Crippen LogP contribution in [0.2, 0.25) is 0 Å². The van der Waals surface area contributed by atoms with Crippen molar-refractivity contribution in [1.82, 2.24) is 10.2 Å². The van der Waals surface area contributed by atoms with Crippen molar-refractivity contribution in [2.75, 3.05) is 52.5 Å². The van der Waals surface area contributed by atoms with Gasteiger partial charge in [0.05, 0.1) is 52.0 Å². The average molecular weight is 421 g/mol. The third kappa shape index (κ3) is 5.78. The van der Waals surface area contributed by atoms with Gasteiger partial charge in [0.25, 0.3) is 5.91 Å². The number of piperazine rings is 1. The van der Waals surface area contributed by atoms with E-state index in [1.54, 1.807) is 11.8 Å². The molecule has 0 aliphatic carbocycles. The molecule has 1 atom stereocenters. The standard InChI is InChI=1S/C22H33N3O5/c1-4-28-22(27)25-10-8-24(9-11-25)15-20(26)23-21(16(2)3)17-6-7-18-19(14-17)30-13-5-12-29-18/h6-7,14,16,21H,4-5,8-13,15H2,1-3H3,(H,23,26)/p+1/t21-/m1/s1. The molecule has 2 aliphatic rings. The van der Waals surface area contributed by atoms with Gasteiger partial charge in [-0.1, -0.05) is 19.9 Å². The number of carbonyl (C=O) groups excluding carboxylic acids is 2. The van der Waals surface area contributed by atoms with Crippen LogP contribution in [-0.2, 0) is 9.53 Å². The Kier molecular flexibility index (Phi) is 7.79. The van der Waals surface area contributed by atoms with Crippen LogP contribution in [0.5, 0.6) is 11.5 Å². The van der Waals surface area contributed by atoms with E-state index in [1.165, 1.54) is 4.90 Å². The van der Waals surface area contributed by atoms with Gasteiger partial charge in [-0.2, -0.15) is 0 Å². The van der Waals surface area contributed by atoms with Gasteiger partial charge in [-0.3, -0.25) is 9.69 Å². The molecule has 1 aromatic carbocycles. The first kappa shape index (κ1) is 22.2. The van der Waals surface area contributed by atoms with Crippen LogP contribution in [0.15, 0.2) is 18.2 Å². The molecule has 0 spiro atoms. The number of amides is 2. The molecule has 0 bridgehead atoms. The summed E-state index contributed by atoms with van der Waals surface area (Å²) < 4.78 is 16.6. The second-order valence-electron chi connectivity index (χ2n) is 8.16. The van der Waals surface area contributed by atoms with Crippen LogP contribution in [0.1, 0.15) is 38.8 Å². The number of nitrogens with zero attached hydrogens (tertiary/aromatic N) is 1. The first-order valence-electron chi connectivity index (χ1n) is 10.9. The number of quaternary nitrogens is 1. The molecule has 2 heterocycles. The maximum Gasteiger partial charge on any atom is 0.410 e. The van der Waals surface area contributed by atoms with Crippen molar-refractivity contribution < 1.29 is 28.7 Å². The summed E-state index contributed by atoms with van der Waals surface area (Å²) in [5.41, 5.74) is 1.02. The number of fused-ring (bicyclic) bond motifs is 1. The molecule has 2 amide bonds. The Hall–Kier alpha value is -2.48. The highest BCUT2D eigenvalue weighted by atomic mass is 16.6. The molecule has 1 aromatic rings. The predicted molar refractivity (Wildman–Crippen MR) is 112 cm³/mol. The van der Waals surface area contributed by atoms with E-state index >= 15 is 0 Å². The number of hydrogen-bond acceptors (Lipinski definition) is 5. The summed E-state index contributed by atoms with van der Waals surface area (Å²) in [5.74, 6) is 1.74. The van der Waals surface area contributed by atoms with Gasteiger partial charge in [0.2, 0.25) is 0 Å². The molecule has 2 aliphatic heterocycles. The number of nitrogens with one attached hydrogen (secondary N) is 2. The third-order valence-corrected chi connectivity index (χ3v) is 5.52. The van der Waals surface area contributed by atoms with Crippen LogP contribution in [-0.4, -0.2) is 69.4 Å². The van der Waals surface area contributed by atoms with Gasteiger partial charge in [0.1, 0.15) is 0 Å². The smallest absolute Gasteiger partial charge is 0.410 e. The molecule has 0 unspecified atom stereocenters. The molecule has 30 heavy (non-hydrogen) atoms. The lowest BCUT2D eigenvalue weighted by Gasteiger charge is -2.31. The highest BCUT2D eigenvalue weighted by Gasteiger charge is 2.27. The van der Waals surface area contributed by atoms with Crippen molar-refractivity contribution in [2.24, 2.45) is 5.92 Å². The van der Waals surface area contributed by atoms with E-state index in [2.05, 4.69) is 19.2 Å². The lowest BCUT2D eigenvalue weighted by atomic mass is 9.95. The van der Waals surface area contributed by atoms with Crippen LogP contribution < -0.4 is 19.7 Å². The fourth-order valence-electron chi connectivity index (χ4n) is 3.86. The van der Waals surface area contributed by atoms with E-state index in [1.807, 2.05) is 18.2 Å². The van der Waals surface area contributed by atoms with E-state index in [-0.39, 0.29) is 24.0 Å². The van der Waals surface area contributed by atoms with Gasteiger partial charge in [0.15, 0.2) is 18.0 Å². The third-order valence-electron chi connectivity index (χ3n) is 5.52. The zero-order chi connectivity index (χ0) is 21.5. The number of rotatable bonds is 6. The molecular formula is C22H34N3O5+. The summed E-state index contributed by atoms with van der Waals surface area (Å²) in [6.45, 7) is 10.8. The molecule has 1 fully saturated rings. The highest BCUT2D eigenvalue weighted by molar-refractivity contribution is 5.77. The Balaban J connectivity index is 1.56. The van der Waals surface area contributed by atoms with E-state index in [0.717, 1.165) is 36.6 Å². The molecule has 3 rings (SSSR count). The molecular weight excluding hydrogens is 386 g/mol. The van der Waals surface area contributed by atoms with E-state index in [0.29, 0.717) is 39.5 Å². The molecule has 0 radical (unpaired) electrons. The van der Waals surface area contributed by atoms with Crippen LogP contribution in [0, 0.1) is 5.92 Å². The number of ether oxygens (including phenoxy) is 3. The second kappa shape index (κ2) is 10.5. The zero-order valence-corrected chi connectivity index (χ0v) is 18.2. The summed E-state index contributed by atoms with van der Waals surface area (Å²) >= 11 is 0. The topological polar surface area (TPSA) is 81.5 Å². The molecule has 8 nitrogen and oxygen atoms in total.